The minimum absolute atomic E-state index is 0.186. The highest BCUT2D eigenvalue weighted by molar-refractivity contribution is 5.03. The molecule has 0 amide bonds. The minimum Gasteiger partial charge on any atom is -0.375 e. The predicted molar refractivity (Wildman–Crippen MR) is 73.7 cm³/mol. The van der Waals surface area contributed by atoms with Crippen LogP contribution in [0, 0.1) is 5.92 Å². The molecule has 2 unspecified atom stereocenters. The van der Waals surface area contributed by atoms with Gasteiger partial charge < -0.3 is 10.1 Å². The van der Waals surface area contributed by atoms with Gasteiger partial charge in [0, 0.05) is 19.0 Å². The quantitative estimate of drug-likeness (QED) is 0.904. The van der Waals surface area contributed by atoms with Crippen LogP contribution < -0.4 is 5.32 Å². The van der Waals surface area contributed by atoms with Crippen molar-refractivity contribution in [1.82, 2.24) is 15.3 Å². The molecule has 1 aromatic heterocycles. The fourth-order valence-electron chi connectivity index (χ4n) is 3.43. The van der Waals surface area contributed by atoms with Gasteiger partial charge in [0.05, 0.1) is 11.6 Å². The lowest BCUT2D eigenvalue weighted by Gasteiger charge is -2.48. The van der Waals surface area contributed by atoms with E-state index in [1.54, 1.807) is 0 Å². The summed E-state index contributed by atoms with van der Waals surface area (Å²) in [5.41, 5.74) is 0.186. The first-order valence-corrected chi connectivity index (χ1v) is 7.47. The van der Waals surface area contributed by atoms with E-state index in [0.717, 1.165) is 31.8 Å². The van der Waals surface area contributed by atoms with Gasteiger partial charge in [-0.3, -0.25) is 0 Å². The molecule has 0 aromatic carbocycles. The summed E-state index contributed by atoms with van der Waals surface area (Å²) < 4.78 is 6.03. The summed E-state index contributed by atoms with van der Waals surface area (Å²) in [6.07, 6.45) is 9.73. The summed E-state index contributed by atoms with van der Waals surface area (Å²) in [4.78, 5) is 8.90. The van der Waals surface area contributed by atoms with Gasteiger partial charge in [-0.25, -0.2) is 9.97 Å². The van der Waals surface area contributed by atoms with Crippen LogP contribution in [0.5, 0.6) is 0 Å². The summed E-state index contributed by atoms with van der Waals surface area (Å²) in [6, 6.07) is 2.15. The summed E-state index contributed by atoms with van der Waals surface area (Å²) >= 11 is 0. The average Bonchev–Trinajstić information content (AvgIpc) is 2.44. The summed E-state index contributed by atoms with van der Waals surface area (Å²) in [5.74, 6) is 1.53. The highest BCUT2D eigenvalue weighted by atomic mass is 16.5. The number of nitrogens with zero attached hydrogens (tertiary/aromatic N) is 2. The van der Waals surface area contributed by atoms with Crippen molar-refractivity contribution < 1.29 is 4.74 Å². The molecule has 1 aliphatic heterocycles. The second kappa shape index (κ2) is 5.55. The predicted octanol–water partition coefficient (Wildman–Crippen LogP) is 2.48. The smallest absolute Gasteiger partial charge is 0.145 e. The van der Waals surface area contributed by atoms with Gasteiger partial charge in [0.15, 0.2) is 0 Å². The molecule has 1 aliphatic carbocycles. The second-order valence-corrected chi connectivity index (χ2v) is 5.78. The molecule has 19 heavy (non-hydrogen) atoms. The molecule has 104 valence electrons. The van der Waals surface area contributed by atoms with Crippen molar-refractivity contribution in [2.45, 2.75) is 50.7 Å². The maximum atomic E-state index is 6.03. The number of ether oxygens (including phenoxy) is 1. The first-order valence-electron chi connectivity index (χ1n) is 7.47. The molecular weight excluding hydrogens is 238 g/mol. The monoisotopic (exact) mass is 261 g/mol. The standard InChI is InChI=1S/C15H23N3O/c1-2-16-13(14-17-8-4-9-18-14)12-5-10-19-15(11-12)6-3-7-15/h4,8-9,12-13,16H,2-3,5-7,10-11H2,1H3. The maximum absolute atomic E-state index is 6.03. The van der Waals surface area contributed by atoms with E-state index in [-0.39, 0.29) is 11.6 Å². The van der Waals surface area contributed by atoms with Crippen LogP contribution in [0.15, 0.2) is 18.5 Å². The zero-order valence-electron chi connectivity index (χ0n) is 11.6. The summed E-state index contributed by atoms with van der Waals surface area (Å²) in [7, 11) is 0. The number of hydrogen-bond acceptors (Lipinski definition) is 4. The number of aromatic nitrogens is 2. The van der Waals surface area contributed by atoms with E-state index >= 15 is 0 Å². The van der Waals surface area contributed by atoms with E-state index in [9.17, 15) is 0 Å². The summed E-state index contributed by atoms with van der Waals surface area (Å²) in [6.45, 7) is 3.99. The molecule has 1 spiro atoms. The molecule has 0 radical (unpaired) electrons. The number of rotatable bonds is 4. The molecule has 2 fully saturated rings. The largest absolute Gasteiger partial charge is 0.375 e. The molecule has 3 rings (SSSR count). The van der Waals surface area contributed by atoms with Crippen LogP contribution in [0.1, 0.15) is 50.9 Å². The van der Waals surface area contributed by atoms with Crippen molar-refractivity contribution in [2.75, 3.05) is 13.2 Å². The lowest BCUT2D eigenvalue weighted by molar-refractivity contribution is -0.147. The van der Waals surface area contributed by atoms with Gasteiger partial charge in [-0.2, -0.15) is 0 Å². The molecule has 2 atom stereocenters. The van der Waals surface area contributed by atoms with E-state index in [1.807, 2.05) is 18.5 Å². The molecular formula is C15H23N3O. The average molecular weight is 261 g/mol. The topological polar surface area (TPSA) is 47.0 Å². The number of nitrogens with one attached hydrogen (secondary N) is 1. The Hall–Kier alpha value is -1.00. The van der Waals surface area contributed by atoms with Crippen LogP contribution in [-0.2, 0) is 4.74 Å². The van der Waals surface area contributed by atoms with E-state index in [2.05, 4.69) is 22.2 Å². The van der Waals surface area contributed by atoms with E-state index < -0.39 is 0 Å². The highest BCUT2D eigenvalue weighted by Gasteiger charge is 2.44. The summed E-state index contributed by atoms with van der Waals surface area (Å²) in [5, 5.41) is 3.57. The van der Waals surface area contributed by atoms with Crippen molar-refractivity contribution in [2.24, 2.45) is 5.92 Å². The Bertz CT molecular complexity index is 405. The minimum atomic E-state index is 0.186. The second-order valence-electron chi connectivity index (χ2n) is 5.78. The Labute approximate surface area is 115 Å². The van der Waals surface area contributed by atoms with Gasteiger partial charge in [0.1, 0.15) is 5.82 Å². The third-order valence-corrected chi connectivity index (χ3v) is 4.56. The molecule has 1 saturated heterocycles. The van der Waals surface area contributed by atoms with Crippen molar-refractivity contribution >= 4 is 0 Å². The highest BCUT2D eigenvalue weighted by Crippen LogP contribution is 2.46. The van der Waals surface area contributed by atoms with Crippen LogP contribution in [-0.4, -0.2) is 28.7 Å². The van der Waals surface area contributed by atoms with Crippen molar-refractivity contribution in [3.8, 4) is 0 Å². The normalized spacial score (nSPS) is 26.9. The van der Waals surface area contributed by atoms with Crippen molar-refractivity contribution in [3.63, 3.8) is 0 Å². The Kier molecular flexibility index (Phi) is 3.80. The van der Waals surface area contributed by atoms with Crippen LogP contribution >= 0.6 is 0 Å². The third-order valence-electron chi connectivity index (χ3n) is 4.56. The lowest BCUT2D eigenvalue weighted by atomic mass is 9.70. The van der Waals surface area contributed by atoms with Gasteiger partial charge in [-0.05, 0) is 50.6 Å². The molecule has 1 N–H and O–H groups in total. The van der Waals surface area contributed by atoms with E-state index in [4.69, 9.17) is 4.74 Å². The SMILES string of the molecule is CCNC(c1ncccn1)C1CCOC2(CCC2)C1. The van der Waals surface area contributed by atoms with Crippen molar-refractivity contribution in [3.05, 3.63) is 24.3 Å². The molecule has 1 saturated carbocycles. The van der Waals surface area contributed by atoms with Crippen molar-refractivity contribution in [1.29, 1.82) is 0 Å². The van der Waals surface area contributed by atoms with Gasteiger partial charge >= 0.3 is 0 Å². The van der Waals surface area contributed by atoms with E-state index in [1.165, 1.54) is 19.3 Å². The Morgan fingerprint density at radius 1 is 1.42 bits per heavy atom. The first kappa shape index (κ1) is 13.0. The zero-order valence-corrected chi connectivity index (χ0v) is 11.6. The van der Waals surface area contributed by atoms with Crippen LogP contribution in [0.25, 0.3) is 0 Å². The molecule has 1 aromatic rings. The molecule has 4 nitrogen and oxygen atoms in total. The molecule has 4 heteroatoms. The van der Waals surface area contributed by atoms with Gasteiger partial charge in [-0.1, -0.05) is 6.92 Å². The Balaban J connectivity index is 1.76. The van der Waals surface area contributed by atoms with Crippen LogP contribution in [0.3, 0.4) is 0 Å². The van der Waals surface area contributed by atoms with Gasteiger partial charge in [-0.15, -0.1) is 0 Å². The Morgan fingerprint density at radius 2 is 2.21 bits per heavy atom. The van der Waals surface area contributed by atoms with Crippen LogP contribution in [0.2, 0.25) is 0 Å². The molecule has 0 bridgehead atoms. The zero-order chi connectivity index (χ0) is 13.1. The first-order chi connectivity index (χ1) is 9.33. The van der Waals surface area contributed by atoms with E-state index in [0.29, 0.717) is 5.92 Å². The fourth-order valence-corrected chi connectivity index (χ4v) is 3.43. The van der Waals surface area contributed by atoms with Crippen LogP contribution in [0.4, 0.5) is 0 Å². The molecule has 2 aliphatic rings. The van der Waals surface area contributed by atoms with Gasteiger partial charge in [0.2, 0.25) is 0 Å². The molecule has 2 heterocycles. The fraction of sp³-hybridized carbons (Fsp3) is 0.733. The number of hydrogen-bond donors (Lipinski definition) is 1. The lowest BCUT2D eigenvalue weighted by Crippen LogP contribution is -2.48. The Morgan fingerprint density at radius 3 is 2.84 bits per heavy atom. The van der Waals surface area contributed by atoms with Gasteiger partial charge in [0.25, 0.3) is 0 Å². The third kappa shape index (κ3) is 2.65. The maximum Gasteiger partial charge on any atom is 0.145 e.